The summed E-state index contributed by atoms with van der Waals surface area (Å²) in [5, 5.41) is 9.52. The maximum Gasteiger partial charge on any atom is 0.337 e. The van der Waals surface area contributed by atoms with Gasteiger partial charge in [0.2, 0.25) is 5.88 Å². The summed E-state index contributed by atoms with van der Waals surface area (Å²) in [6.45, 7) is 8.61. The number of halogens is 1. The van der Waals surface area contributed by atoms with Crippen molar-refractivity contribution in [2.24, 2.45) is 0 Å². The smallest absolute Gasteiger partial charge is 0.337 e. The van der Waals surface area contributed by atoms with E-state index in [1.807, 2.05) is 18.7 Å². The first kappa shape index (κ1) is 28.3. The van der Waals surface area contributed by atoms with Gasteiger partial charge in [0.25, 0.3) is 5.91 Å². The summed E-state index contributed by atoms with van der Waals surface area (Å²) in [6.07, 6.45) is 4.52. The van der Waals surface area contributed by atoms with Crippen LogP contribution in [0.1, 0.15) is 88.7 Å². The van der Waals surface area contributed by atoms with Crippen molar-refractivity contribution in [3.05, 3.63) is 75.9 Å². The predicted molar refractivity (Wildman–Crippen MR) is 156 cm³/mol. The number of carbonyl (C=O) groups is 2. The number of nitrogens with zero attached hydrogens (tertiary/aromatic N) is 4. The molecular formula is C33H37FN4O4. The molecule has 6 rings (SSSR count). The van der Waals surface area contributed by atoms with E-state index in [-0.39, 0.29) is 29.4 Å². The Labute approximate surface area is 245 Å². The topological polar surface area (TPSA) is 95.9 Å². The zero-order chi connectivity index (χ0) is 29.5. The number of aryl methyl sites for hydroxylation is 1. The second kappa shape index (κ2) is 11.4. The molecule has 220 valence electrons. The maximum atomic E-state index is 13.6. The Morgan fingerprint density at radius 3 is 2.43 bits per heavy atom. The number of amides is 1. The van der Waals surface area contributed by atoms with E-state index in [0.29, 0.717) is 48.3 Å². The number of hydrogen-bond donors (Lipinski definition) is 1. The lowest BCUT2D eigenvalue weighted by Gasteiger charge is -2.40. The Balaban J connectivity index is 1.18. The SMILES string of the molecule is Cc1nc2c(cc1C(=O)O)C(=O)N(C1CCN(Cc3cc(C4CC4)c(-c4ccc(F)cc4)nc3OC(C)C)CC1)CC2. The van der Waals surface area contributed by atoms with Gasteiger partial charge in [-0.1, -0.05) is 0 Å². The predicted octanol–water partition coefficient (Wildman–Crippen LogP) is 5.62. The molecule has 1 aliphatic carbocycles. The highest BCUT2D eigenvalue weighted by molar-refractivity contribution is 5.99. The van der Waals surface area contributed by atoms with Gasteiger partial charge in [0, 0.05) is 49.8 Å². The first-order valence-corrected chi connectivity index (χ1v) is 14.9. The lowest BCUT2D eigenvalue weighted by molar-refractivity contribution is 0.0542. The van der Waals surface area contributed by atoms with Crippen molar-refractivity contribution in [2.75, 3.05) is 19.6 Å². The second-order valence-corrected chi connectivity index (χ2v) is 12.0. The van der Waals surface area contributed by atoms with Crippen LogP contribution in [0.15, 0.2) is 36.4 Å². The molecule has 0 atom stereocenters. The molecular weight excluding hydrogens is 535 g/mol. The van der Waals surface area contributed by atoms with Crippen LogP contribution in [-0.2, 0) is 13.0 Å². The summed E-state index contributed by atoms with van der Waals surface area (Å²) in [7, 11) is 0. The molecule has 2 aliphatic heterocycles. The van der Waals surface area contributed by atoms with Gasteiger partial charge in [-0.3, -0.25) is 14.7 Å². The van der Waals surface area contributed by atoms with Gasteiger partial charge >= 0.3 is 5.97 Å². The molecule has 1 amide bonds. The van der Waals surface area contributed by atoms with Gasteiger partial charge in [0.05, 0.1) is 34.3 Å². The molecule has 8 nitrogen and oxygen atoms in total. The maximum absolute atomic E-state index is 13.6. The molecule has 0 spiro atoms. The molecule has 42 heavy (non-hydrogen) atoms. The molecule has 0 bridgehead atoms. The van der Waals surface area contributed by atoms with E-state index in [4.69, 9.17) is 9.72 Å². The second-order valence-electron chi connectivity index (χ2n) is 12.0. The van der Waals surface area contributed by atoms with Crippen LogP contribution in [0.25, 0.3) is 11.3 Å². The first-order chi connectivity index (χ1) is 20.2. The monoisotopic (exact) mass is 572 g/mol. The Morgan fingerprint density at radius 2 is 1.79 bits per heavy atom. The molecule has 9 heteroatoms. The van der Waals surface area contributed by atoms with Crippen LogP contribution in [-0.4, -0.2) is 68.5 Å². The average molecular weight is 573 g/mol. The third-order valence-electron chi connectivity index (χ3n) is 8.57. The molecule has 2 aromatic heterocycles. The van der Waals surface area contributed by atoms with E-state index in [1.165, 1.54) is 23.8 Å². The highest BCUT2D eigenvalue weighted by atomic mass is 19.1. The molecule has 0 radical (unpaired) electrons. The number of carboxylic acid groups (broad SMARTS) is 1. The summed E-state index contributed by atoms with van der Waals surface area (Å²) >= 11 is 0. The molecule has 2 fully saturated rings. The summed E-state index contributed by atoms with van der Waals surface area (Å²) in [5.41, 5.74) is 5.66. The van der Waals surface area contributed by atoms with Crippen molar-refractivity contribution in [1.82, 2.24) is 19.8 Å². The van der Waals surface area contributed by atoms with Gasteiger partial charge in [-0.15, -0.1) is 0 Å². The number of carbonyl (C=O) groups excluding carboxylic acids is 1. The normalized spacial score (nSPS) is 17.9. The third kappa shape index (κ3) is 5.75. The van der Waals surface area contributed by atoms with Crippen molar-refractivity contribution in [3.63, 3.8) is 0 Å². The van der Waals surface area contributed by atoms with Gasteiger partial charge < -0.3 is 14.7 Å². The number of fused-ring (bicyclic) bond motifs is 1. The largest absolute Gasteiger partial charge is 0.478 e. The van der Waals surface area contributed by atoms with Crippen LogP contribution in [0.2, 0.25) is 0 Å². The van der Waals surface area contributed by atoms with Gasteiger partial charge in [-0.25, -0.2) is 14.2 Å². The van der Waals surface area contributed by atoms with E-state index >= 15 is 0 Å². The van der Waals surface area contributed by atoms with Crippen LogP contribution in [0, 0.1) is 12.7 Å². The number of rotatable bonds is 8. The van der Waals surface area contributed by atoms with Gasteiger partial charge in [-0.2, -0.15) is 0 Å². The molecule has 1 saturated heterocycles. The quantitative estimate of drug-likeness (QED) is 0.375. The molecule has 1 aromatic carbocycles. The highest BCUT2D eigenvalue weighted by Crippen LogP contribution is 2.45. The van der Waals surface area contributed by atoms with Crippen LogP contribution in [0.3, 0.4) is 0 Å². The van der Waals surface area contributed by atoms with Crippen molar-refractivity contribution >= 4 is 11.9 Å². The molecule has 0 unspecified atom stereocenters. The zero-order valence-electron chi connectivity index (χ0n) is 24.4. The number of likely N-dealkylation sites (tertiary alicyclic amines) is 1. The fourth-order valence-electron chi connectivity index (χ4n) is 6.25. The molecule has 1 N–H and O–H groups in total. The van der Waals surface area contributed by atoms with Gasteiger partial charge in [-0.05, 0) is 94.3 Å². The summed E-state index contributed by atoms with van der Waals surface area (Å²) in [4.78, 5) is 38.8. The van der Waals surface area contributed by atoms with Crippen molar-refractivity contribution < 1.29 is 23.8 Å². The van der Waals surface area contributed by atoms with Crippen molar-refractivity contribution in [1.29, 1.82) is 0 Å². The van der Waals surface area contributed by atoms with Crippen LogP contribution < -0.4 is 4.74 Å². The molecule has 3 aliphatic rings. The number of aromatic nitrogens is 2. The number of piperidine rings is 1. The molecule has 1 saturated carbocycles. The fraction of sp³-hybridized carbons (Fsp3) is 0.455. The first-order valence-electron chi connectivity index (χ1n) is 14.9. The van der Waals surface area contributed by atoms with Crippen molar-refractivity contribution in [2.45, 2.75) is 77.5 Å². The van der Waals surface area contributed by atoms with Gasteiger partial charge in [0.15, 0.2) is 0 Å². The van der Waals surface area contributed by atoms with E-state index in [9.17, 15) is 19.1 Å². The number of aromatic carboxylic acids is 1. The van der Waals surface area contributed by atoms with E-state index in [2.05, 4.69) is 16.0 Å². The minimum atomic E-state index is -1.06. The number of ether oxygens (including phenoxy) is 1. The van der Waals surface area contributed by atoms with Crippen molar-refractivity contribution in [3.8, 4) is 17.1 Å². The third-order valence-corrected chi connectivity index (χ3v) is 8.57. The standard InChI is InChI=1S/C33H37FN4O4/c1-19(2)42-31-23(16-27(21-4-5-21)30(36-31)22-6-8-24(34)9-7-22)18-37-13-10-25(11-14-37)38-15-12-29-28(32(38)39)17-26(33(40)41)20(3)35-29/h6-9,16-17,19,21,25H,4-5,10-15,18H2,1-3H3,(H,40,41). The highest BCUT2D eigenvalue weighted by Gasteiger charge is 2.35. The van der Waals surface area contributed by atoms with Crippen LogP contribution in [0.4, 0.5) is 4.39 Å². The minimum absolute atomic E-state index is 0.0391. The Morgan fingerprint density at radius 1 is 1.07 bits per heavy atom. The lowest BCUT2D eigenvalue weighted by Crippen LogP contribution is -2.50. The van der Waals surface area contributed by atoms with Crippen LogP contribution in [0.5, 0.6) is 5.88 Å². The van der Waals surface area contributed by atoms with E-state index in [0.717, 1.165) is 55.6 Å². The zero-order valence-corrected chi connectivity index (χ0v) is 24.4. The molecule has 4 heterocycles. The minimum Gasteiger partial charge on any atom is -0.478 e. The summed E-state index contributed by atoms with van der Waals surface area (Å²) in [6, 6.07) is 10.4. The van der Waals surface area contributed by atoms with E-state index < -0.39 is 5.97 Å². The lowest BCUT2D eigenvalue weighted by atomic mass is 9.95. The molecule has 3 aromatic rings. The van der Waals surface area contributed by atoms with Gasteiger partial charge in [0.1, 0.15) is 5.82 Å². The summed E-state index contributed by atoms with van der Waals surface area (Å²) in [5.74, 6) is -0.366. The van der Waals surface area contributed by atoms with E-state index in [1.54, 1.807) is 19.1 Å². The number of carboxylic acids is 1. The Kier molecular flexibility index (Phi) is 7.70. The number of hydrogen-bond acceptors (Lipinski definition) is 6. The number of pyridine rings is 2. The Bertz CT molecular complexity index is 1510. The number of benzene rings is 1. The summed E-state index contributed by atoms with van der Waals surface area (Å²) < 4.78 is 19.9. The van der Waals surface area contributed by atoms with Crippen LogP contribution >= 0.6 is 0 Å². The fourth-order valence-corrected chi connectivity index (χ4v) is 6.25. The Hall–Kier alpha value is -3.85. The average Bonchev–Trinajstić information content (AvgIpc) is 3.80.